The highest BCUT2D eigenvalue weighted by molar-refractivity contribution is 7.19. The van der Waals surface area contributed by atoms with E-state index < -0.39 is 41.6 Å². The summed E-state index contributed by atoms with van der Waals surface area (Å²) in [5.41, 5.74) is 5.20. The van der Waals surface area contributed by atoms with E-state index in [-0.39, 0.29) is 40.5 Å². The van der Waals surface area contributed by atoms with Crippen molar-refractivity contribution in [2.24, 2.45) is 4.99 Å². The minimum Gasteiger partial charge on any atom is -0.389 e. The molecule has 1 amide bonds. The number of benzene rings is 1. The smallest absolute Gasteiger partial charge is 0.273 e. The number of hydrogen-bond donors (Lipinski definition) is 3. The fraction of sp³-hybridized carbons (Fsp3) is 0.455. The molecule has 2 heterocycles. The molecule has 2 aromatic rings. The molecule has 4 N–H and O–H groups in total. The van der Waals surface area contributed by atoms with E-state index in [0.29, 0.717) is 6.42 Å². The van der Waals surface area contributed by atoms with Crippen LogP contribution in [0.3, 0.4) is 0 Å². The van der Waals surface area contributed by atoms with Gasteiger partial charge >= 0.3 is 0 Å². The summed E-state index contributed by atoms with van der Waals surface area (Å²) in [6, 6.07) is 1.83. The number of carbonyl (C=O) groups excluding carboxylic acids is 1. The van der Waals surface area contributed by atoms with Gasteiger partial charge in [0, 0.05) is 32.3 Å². The third-order valence-electron chi connectivity index (χ3n) is 5.75. The number of amidine groups is 1. The second kappa shape index (κ2) is 10.7. The number of amides is 1. The van der Waals surface area contributed by atoms with E-state index in [9.17, 15) is 22.4 Å². The van der Waals surface area contributed by atoms with Crippen LogP contribution in [-0.4, -0.2) is 85.0 Å². The van der Waals surface area contributed by atoms with Gasteiger partial charge in [-0.25, -0.2) is 22.5 Å². The lowest BCUT2D eigenvalue weighted by Gasteiger charge is -2.30. The van der Waals surface area contributed by atoms with Crippen molar-refractivity contribution < 1.29 is 22.4 Å². The number of anilines is 1. The van der Waals surface area contributed by atoms with Gasteiger partial charge in [-0.15, -0.1) is 0 Å². The van der Waals surface area contributed by atoms with Crippen LogP contribution >= 0.6 is 11.3 Å². The zero-order valence-corrected chi connectivity index (χ0v) is 20.3. The van der Waals surface area contributed by atoms with Crippen molar-refractivity contribution in [1.82, 2.24) is 20.1 Å². The van der Waals surface area contributed by atoms with Crippen molar-refractivity contribution in [3.05, 3.63) is 35.5 Å². The number of halogens is 4. The topological polar surface area (TPSA) is 111 Å². The van der Waals surface area contributed by atoms with Gasteiger partial charge in [0.05, 0.1) is 12.1 Å². The number of likely N-dealkylation sites (tertiary alicyclic amines) is 1. The summed E-state index contributed by atoms with van der Waals surface area (Å²) in [6.07, 6.45) is 0.990. The van der Waals surface area contributed by atoms with Gasteiger partial charge in [-0.2, -0.15) is 0 Å². The number of nitrogens with two attached hydrogens (primary N) is 1. The summed E-state index contributed by atoms with van der Waals surface area (Å²) in [5.74, 6) is -5.47. The number of carbonyl (C=O) groups is 1. The molecule has 190 valence electrons. The number of nitrogen functional groups attached to an aromatic ring is 1. The highest BCUT2D eigenvalue weighted by Gasteiger charge is 2.40. The highest BCUT2D eigenvalue weighted by atomic mass is 32.1. The van der Waals surface area contributed by atoms with Gasteiger partial charge in [-0.1, -0.05) is 17.4 Å². The van der Waals surface area contributed by atoms with Gasteiger partial charge < -0.3 is 26.3 Å². The van der Waals surface area contributed by atoms with Crippen LogP contribution in [0, 0.1) is 17.0 Å². The lowest BCUT2D eigenvalue weighted by molar-refractivity contribution is -0.0304. The monoisotopic (exact) mass is 513 g/mol. The van der Waals surface area contributed by atoms with Crippen LogP contribution < -0.4 is 11.1 Å². The Morgan fingerprint density at radius 1 is 1.40 bits per heavy atom. The van der Waals surface area contributed by atoms with Crippen LogP contribution in [0.1, 0.15) is 23.3 Å². The lowest BCUT2D eigenvalue weighted by Crippen LogP contribution is -2.52. The van der Waals surface area contributed by atoms with Crippen molar-refractivity contribution in [2.45, 2.75) is 30.8 Å². The number of aliphatic imine (C=N–C) groups is 1. The minimum absolute atomic E-state index is 0.0848. The summed E-state index contributed by atoms with van der Waals surface area (Å²) in [7, 11) is 4.87. The fourth-order valence-corrected chi connectivity index (χ4v) is 4.86. The zero-order valence-electron chi connectivity index (χ0n) is 19.5. The molecule has 8 nitrogen and oxygen atoms in total. The summed E-state index contributed by atoms with van der Waals surface area (Å²) in [6.45, 7) is -0.360. The Bertz CT molecular complexity index is 1100. The van der Waals surface area contributed by atoms with Crippen LogP contribution in [0.2, 0.25) is 0 Å². The molecule has 1 saturated heterocycles. The molecule has 0 radical (unpaired) electrons. The molecule has 1 aromatic carbocycles. The molecule has 3 rings (SSSR count). The van der Waals surface area contributed by atoms with E-state index in [4.69, 9.17) is 11.1 Å². The predicted octanol–water partition coefficient (Wildman–Crippen LogP) is 3.11. The van der Waals surface area contributed by atoms with E-state index in [1.165, 1.54) is 18.0 Å². The molecule has 0 aliphatic carbocycles. The Hall–Kier alpha value is -3.06. The summed E-state index contributed by atoms with van der Waals surface area (Å²) < 4.78 is 57.6. The first-order chi connectivity index (χ1) is 16.5. The molecule has 2 atom stereocenters. The Labute approximate surface area is 204 Å². The summed E-state index contributed by atoms with van der Waals surface area (Å²) in [5, 5.41) is 10.1. The minimum atomic E-state index is -3.00. The molecular formula is C22H27F4N7OS. The first-order valence-corrected chi connectivity index (χ1v) is 11.6. The SMILES string of the molecule is CN=C(C(C=N)NC(=O)c1nc(-c2c(F)cccc2F)sc1N)N1CCC(N(C)C)CC(F)(F)C1. The van der Waals surface area contributed by atoms with Crippen LogP contribution in [0.15, 0.2) is 23.2 Å². The molecule has 1 aromatic heterocycles. The van der Waals surface area contributed by atoms with E-state index in [1.54, 1.807) is 19.0 Å². The number of nitrogens with one attached hydrogen (secondary N) is 2. The van der Waals surface area contributed by atoms with Crippen LogP contribution in [-0.2, 0) is 0 Å². The van der Waals surface area contributed by atoms with E-state index >= 15 is 0 Å². The number of rotatable bonds is 6. The maximum Gasteiger partial charge on any atom is 0.273 e. The quantitative estimate of drug-likeness (QED) is 0.312. The Morgan fingerprint density at radius 3 is 2.63 bits per heavy atom. The zero-order chi connectivity index (χ0) is 25.9. The standard InChI is InChI=1S/C22H27F4N7OS/c1-29-19(33-8-7-12(32(2)3)9-22(25,26)11-33)15(10-27)30-20(34)17-18(28)35-21(31-17)16-13(23)5-4-6-14(16)24/h4-6,10,12,15,27H,7-9,11,28H2,1-3H3,(H,30,34). The molecule has 35 heavy (non-hydrogen) atoms. The molecular weight excluding hydrogens is 486 g/mol. The van der Waals surface area contributed by atoms with Crippen LogP contribution in [0.4, 0.5) is 22.6 Å². The third-order valence-corrected chi connectivity index (χ3v) is 6.65. The fourth-order valence-electron chi connectivity index (χ4n) is 3.98. The second-order valence-corrected chi connectivity index (χ2v) is 9.45. The van der Waals surface area contributed by atoms with Crippen molar-refractivity contribution >= 4 is 34.3 Å². The van der Waals surface area contributed by atoms with Gasteiger partial charge in [0.2, 0.25) is 0 Å². The second-order valence-electron chi connectivity index (χ2n) is 8.42. The largest absolute Gasteiger partial charge is 0.389 e. The molecule has 13 heteroatoms. The average Bonchev–Trinajstić information content (AvgIpc) is 3.07. The maximum absolute atomic E-state index is 14.6. The summed E-state index contributed by atoms with van der Waals surface area (Å²) >= 11 is 0.731. The van der Waals surface area contributed by atoms with Crippen LogP contribution in [0.25, 0.3) is 10.6 Å². The Morgan fingerprint density at radius 2 is 2.06 bits per heavy atom. The Kier molecular flexibility index (Phi) is 8.11. The third kappa shape index (κ3) is 5.96. The van der Waals surface area contributed by atoms with E-state index in [0.717, 1.165) is 29.7 Å². The number of thiazole rings is 1. The van der Waals surface area contributed by atoms with Crippen LogP contribution in [0.5, 0.6) is 0 Å². The van der Waals surface area contributed by atoms with Gasteiger partial charge in [0.25, 0.3) is 11.8 Å². The molecule has 1 aliphatic heterocycles. The lowest BCUT2D eigenvalue weighted by atomic mass is 10.1. The van der Waals surface area contributed by atoms with Gasteiger partial charge in [0.1, 0.15) is 33.5 Å². The van der Waals surface area contributed by atoms with Gasteiger partial charge in [-0.3, -0.25) is 9.79 Å². The van der Waals surface area contributed by atoms with E-state index in [1.807, 2.05) is 0 Å². The molecule has 0 saturated carbocycles. The molecule has 1 fully saturated rings. The first kappa shape index (κ1) is 26.5. The summed E-state index contributed by atoms with van der Waals surface area (Å²) in [4.78, 5) is 24.1. The predicted molar refractivity (Wildman–Crippen MR) is 129 cm³/mol. The molecule has 0 spiro atoms. The normalized spacial score (nSPS) is 19.4. The highest BCUT2D eigenvalue weighted by Crippen LogP contribution is 2.33. The number of alkyl halides is 2. The molecule has 2 unspecified atom stereocenters. The van der Waals surface area contributed by atoms with Gasteiger partial charge in [-0.05, 0) is 32.6 Å². The first-order valence-electron chi connectivity index (χ1n) is 10.8. The van der Waals surface area contributed by atoms with Crippen molar-refractivity contribution in [3.63, 3.8) is 0 Å². The Balaban J connectivity index is 1.83. The molecule has 1 aliphatic rings. The van der Waals surface area contributed by atoms with Crippen molar-refractivity contribution in [3.8, 4) is 10.6 Å². The number of nitrogens with zero attached hydrogens (tertiary/aromatic N) is 4. The maximum atomic E-state index is 14.6. The van der Waals surface area contributed by atoms with Crippen molar-refractivity contribution in [1.29, 1.82) is 5.41 Å². The molecule has 0 bridgehead atoms. The average molecular weight is 514 g/mol. The number of hydrogen-bond acceptors (Lipinski definition) is 7. The van der Waals surface area contributed by atoms with Crippen molar-refractivity contribution in [2.75, 3.05) is 40.0 Å². The number of aromatic nitrogens is 1. The van der Waals surface area contributed by atoms with Gasteiger partial charge in [0.15, 0.2) is 5.69 Å². The van der Waals surface area contributed by atoms with E-state index in [2.05, 4.69) is 15.3 Å².